The Balaban J connectivity index is 1.37. The molecule has 6 nitrogen and oxygen atoms in total. The van der Waals surface area contributed by atoms with Gasteiger partial charge in [-0.25, -0.2) is 0 Å². The third-order valence-electron chi connectivity index (χ3n) is 7.14. The fourth-order valence-electron chi connectivity index (χ4n) is 5.34. The minimum absolute atomic E-state index is 0.0500. The summed E-state index contributed by atoms with van der Waals surface area (Å²) in [5, 5.41) is 3.20. The monoisotopic (exact) mass is 425 g/mol. The molecule has 3 fully saturated rings. The molecule has 1 aromatic carbocycles. The number of likely N-dealkylation sites (tertiary alicyclic amines) is 2. The summed E-state index contributed by atoms with van der Waals surface area (Å²) >= 11 is 0. The molecule has 3 amide bonds. The van der Waals surface area contributed by atoms with Crippen LogP contribution < -0.4 is 5.32 Å². The zero-order valence-corrected chi connectivity index (χ0v) is 18.4. The molecule has 6 heteroatoms. The molecule has 1 aromatic rings. The van der Waals surface area contributed by atoms with Crippen LogP contribution in [0, 0.1) is 5.92 Å². The molecular formula is C25H35N3O3. The van der Waals surface area contributed by atoms with Gasteiger partial charge in [-0.1, -0.05) is 49.6 Å². The zero-order valence-electron chi connectivity index (χ0n) is 18.4. The highest BCUT2D eigenvalue weighted by molar-refractivity contribution is 5.89. The molecular weight excluding hydrogens is 390 g/mol. The van der Waals surface area contributed by atoms with Crippen LogP contribution >= 0.6 is 0 Å². The highest BCUT2D eigenvalue weighted by Crippen LogP contribution is 2.28. The highest BCUT2D eigenvalue weighted by Gasteiger charge is 2.35. The number of carbonyl (C=O) groups is 3. The van der Waals surface area contributed by atoms with Crippen LogP contribution in [0.2, 0.25) is 0 Å². The van der Waals surface area contributed by atoms with Gasteiger partial charge in [0.1, 0.15) is 6.04 Å². The fraction of sp³-hybridized carbons (Fsp3) is 0.640. The molecule has 2 aliphatic heterocycles. The second kappa shape index (κ2) is 10.3. The van der Waals surface area contributed by atoms with E-state index in [0.717, 1.165) is 44.1 Å². The molecule has 1 aliphatic carbocycles. The van der Waals surface area contributed by atoms with Gasteiger partial charge in [0.25, 0.3) is 0 Å². The van der Waals surface area contributed by atoms with Gasteiger partial charge in [-0.2, -0.15) is 0 Å². The first-order valence-electron chi connectivity index (χ1n) is 12.1. The molecule has 31 heavy (non-hydrogen) atoms. The van der Waals surface area contributed by atoms with Crippen molar-refractivity contribution in [3.8, 4) is 0 Å². The van der Waals surface area contributed by atoms with E-state index in [1.54, 1.807) is 4.90 Å². The molecule has 1 N–H and O–H groups in total. The summed E-state index contributed by atoms with van der Waals surface area (Å²) in [7, 11) is 0. The Labute approximate surface area is 185 Å². The van der Waals surface area contributed by atoms with Crippen LogP contribution in [-0.2, 0) is 14.4 Å². The summed E-state index contributed by atoms with van der Waals surface area (Å²) in [5.74, 6) is 0.472. The zero-order chi connectivity index (χ0) is 21.6. The molecule has 4 rings (SSSR count). The van der Waals surface area contributed by atoms with Crippen LogP contribution in [0.5, 0.6) is 0 Å². The lowest BCUT2D eigenvalue weighted by Crippen LogP contribution is -2.51. The fourth-order valence-corrected chi connectivity index (χ4v) is 5.34. The molecule has 0 aromatic heterocycles. The normalized spacial score (nSPS) is 22.3. The Bertz CT molecular complexity index is 767. The van der Waals surface area contributed by atoms with Gasteiger partial charge in [-0.15, -0.1) is 0 Å². The number of rotatable bonds is 5. The topological polar surface area (TPSA) is 69.7 Å². The first-order valence-corrected chi connectivity index (χ1v) is 12.1. The van der Waals surface area contributed by atoms with Gasteiger partial charge < -0.3 is 15.1 Å². The standard InChI is InChI=1S/C25H35N3O3/c29-22-13-7-8-16-28(22)23(19-9-3-1-4-10-19)24(30)26-21-14-17-27(18-15-21)25(31)20-11-5-2-6-12-20/h1,3-4,9-10,20-21,23H,2,5-8,11-18H2,(H,26,30). The Morgan fingerprint density at radius 2 is 1.58 bits per heavy atom. The SMILES string of the molecule is O=C(NC1CCN(C(=O)C2CCCCC2)CC1)C(c1ccccc1)N1CCCCC1=O. The van der Waals surface area contributed by atoms with E-state index in [1.807, 2.05) is 35.2 Å². The minimum atomic E-state index is -0.573. The van der Waals surface area contributed by atoms with E-state index in [9.17, 15) is 14.4 Å². The van der Waals surface area contributed by atoms with Crippen molar-refractivity contribution in [1.82, 2.24) is 15.1 Å². The number of carbonyl (C=O) groups excluding carboxylic acids is 3. The van der Waals surface area contributed by atoms with Gasteiger partial charge in [0.15, 0.2) is 0 Å². The van der Waals surface area contributed by atoms with Crippen LogP contribution in [0.4, 0.5) is 0 Å². The molecule has 0 spiro atoms. The molecule has 0 bridgehead atoms. The maximum atomic E-state index is 13.3. The Morgan fingerprint density at radius 1 is 0.871 bits per heavy atom. The number of nitrogens with zero attached hydrogens (tertiary/aromatic N) is 2. The lowest BCUT2D eigenvalue weighted by molar-refractivity contribution is -0.143. The first kappa shape index (κ1) is 21.8. The second-order valence-corrected chi connectivity index (χ2v) is 9.30. The van der Waals surface area contributed by atoms with E-state index < -0.39 is 6.04 Å². The molecule has 1 unspecified atom stereocenters. The Morgan fingerprint density at radius 3 is 2.26 bits per heavy atom. The van der Waals surface area contributed by atoms with E-state index in [4.69, 9.17) is 0 Å². The summed E-state index contributed by atoms with van der Waals surface area (Å²) < 4.78 is 0. The van der Waals surface area contributed by atoms with Crippen molar-refractivity contribution in [1.29, 1.82) is 0 Å². The number of piperidine rings is 2. The van der Waals surface area contributed by atoms with Crippen molar-refractivity contribution >= 4 is 17.7 Å². The lowest BCUT2D eigenvalue weighted by Gasteiger charge is -2.38. The van der Waals surface area contributed by atoms with E-state index in [2.05, 4.69) is 5.32 Å². The van der Waals surface area contributed by atoms with Crippen molar-refractivity contribution in [3.05, 3.63) is 35.9 Å². The highest BCUT2D eigenvalue weighted by atomic mass is 16.2. The van der Waals surface area contributed by atoms with Crippen molar-refractivity contribution in [3.63, 3.8) is 0 Å². The van der Waals surface area contributed by atoms with Crippen molar-refractivity contribution in [2.24, 2.45) is 5.92 Å². The molecule has 0 radical (unpaired) electrons. The first-order chi connectivity index (χ1) is 15.1. The second-order valence-electron chi connectivity index (χ2n) is 9.30. The summed E-state index contributed by atoms with van der Waals surface area (Å²) in [4.78, 5) is 42.5. The Hall–Kier alpha value is -2.37. The third-order valence-corrected chi connectivity index (χ3v) is 7.14. The van der Waals surface area contributed by atoms with Gasteiger partial charge in [-0.3, -0.25) is 14.4 Å². The maximum Gasteiger partial charge on any atom is 0.247 e. The molecule has 3 aliphatic rings. The lowest BCUT2D eigenvalue weighted by atomic mass is 9.87. The quantitative estimate of drug-likeness (QED) is 0.786. The van der Waals surface area contributed by atoms with E-state index in [0.29, 0.717) is 32.0 Å². The van der Waals surface area contributed by atoms with Gasteiger partial charge in [-0.05, 0) is 44.1 Å². The molecule has 2 heterocycles. The maximum absolute atomic E-state index is 13.3. The van der Waals surface area contributed by atoms with Crippen molar-refractivity contribution < 1.29 is 14.4 Å². The third kappa shape index (κ3) is 5.28. The van der Waals surface area contributed by atoms with Crippen LogP contribution in [0.1, 0.15) is 75.8 Å². The number of amides is 3. The summed E-state index contributed by atoms with van der Waals surface area (Å²) in [5.41, 5.74) is 0.861. The van der Waals surface area contributed by atoms with Gasteiger partial charge in [0.2, 0.25) is 17.7 Å². The molecule has 168 valence electrons. The number of hydrogen-bond acceptors (Lipinski definition) is 3. The number of hydrogen-bond donors (Lipinski definition) is 1. The van der Waals surface area contributed by atoms with Gasteiger partial charge in [0, 0.05) is 38.0 Å². The van der Waals surface area contributed by atoms with E-state index in [1.165, 1.54) is 19.3 Å². The largest absolute Gasteiger partial charge is 0.351 e. The molecule has 1 saturated carbocycles. The van der Waals surface area contributed by atoms with Gasteiger partial charge in [0.05, 0.1) is 0 Å². The van der Waals surface area contributed by atoms with Crippen molar-refractivity contribution in [2.75, 3.05) is 19.6 Å². The van der Waals surface area contributed by atoms with E-state index in [-0.39, 0.29) is 23.8 Å². The summed E-state index contributed by atoms with van der Waals surface area (Å²) in [6.07, 6.45) is 9.53. The van der Waals surface area contributed by atoms with Crippen LogP contribution in [0.15, 0.2) is 30.3 Å². The van der Waals surface area contributed by atoms with Crippen LogP contribution in [0.3, 0.4) is 0 Å². The van der Waals surface area contributed by atoms with Crippen molar-refractivity contribution in [2.45, 2.75) is 76.3 Å². The molecule has 1 atom stereocenters. The van der Waals surface area contributed by atoms with E-state index >= 15 is 0 Å². The summed E-state index contributed by atoms with van der Waals surface area (Å²) in [6.45, 7) is 2.04. The predicted molar refractivity (Wildman–Crippen MR) is 119 cm³/mol. The van der Waals surface area contributed by atoms with Crippen LogP contribution in [0.25, 0.3) is 0 Å². The average Bonchev–Trinajstić information content (AvgIpc) is 2.82. The Kier molecular flexibility index (Phi) is 7.25. The number of benzene rings is 1. The van der Waals surface area contributed by atoms with Crippen LogP contribution in [-0.4, -0.2) is 53.2 Å². The minimum Gasteiger partial charge on any atom is -0.351 e. The predicted octanol–water partition coefficient (Wildman–Crippen LogP) is 3.43. The average molecular weight is 426 g/mol. The van der Waals surface area contributed by atoms with Gasteiger partial charge >= 0.3 is 0 Å². The summed E-state index contributed by atoms with van der Waals surface area (Å²) in [6, 6.07) is 9.09. The molecule has 2 saturated heterocycles. The smallest absolute Gasteiger partial charge is 0.247 e. The number of nitrogens with one attached hydrogen (secondary N) is 1.